The molecule has 32 heavy (non-hydrogen) atoms. The van der Waals surface area contributed by atoms with Gasteiger partial charge in [-0.25, -0.2) is 17.2 Å². The highest BCUT2D eigenvalue weighted by Gasteiger charge is 2.50. The number of rotatable bonds is 6. The molecule has 0 amide bonds. The summed E-state index contributed by atoms with van der Waals surface area (Å²) < 4.78 is 55.1. The highest BCUT2D eigenvalue weighted by Crippen LogP contribution is 2.48. The lowest BCUT2D eigenvalue weighted by Gasteiger charge is -2.40. The summed E-state index contributed by atoms with van der Waals surface area (Å²) in [5.74, 6) is -1.36. The quantitative estimate of drug-likeness (QED) is 0.474. The predicted octanol–water partition coefficient (Wildman–Crippen LogP) is 6.02. The van der Waals surface area contributed by atoms with E-state index in [4.69, 9.17) is 11.6 Å². The Bertz CT molecular complexity index is 1180. The average Bonchev–Trinajstić information content (AvgIpc) is 2.80. The fourth-order valence-electron chi connectivity index (χ4n) is 4.52. The lowest BCUT2D eigenvalue weighted by atomic mass is 9.80. The summed E-state index contributed by atoms with van der Waals surface area (Å²) >= 11 is 5.94. The first-order valence-electron chi connectivity index (χ1n) is 10.5. The highest BCUT2D eigenvalue weighted by atomic mass is 35.5. The van der Waals surface area contributed by atoms with Crippen LogP contribution in [0.25, 0.3) is 0 Å². The Balaban J connectivity index is 1.66. The Morgan fingerprint density at radius 2 is 1.59 bits per heavy atom. The van der Waals surface area contributed by atoms with E-state index in [1.807, 2.05) is 30.3 Å². The normalized spacial score (nSPS) is 21.4. The summed E-state index contributed by atoms with van der Waals surface area (Å²) in [4.78, 5) is 0.0567. The minimum atomic E-state index is -4.02. The van der Waals surface area contributed by atoms with Gasteiger partial charge < -0.3 is 5.32 Å². The van der Waals surface area contributed by atoms with E-state index in [-0.39, 0.29) is 29.3 Å². The van der Waals surface area contributed by atoms with Crippen molar-refractivity contribution in [3.8, 4) is 0 Å². The topological polar surface area (TPSA) is 46.2 Å². The van der Waals surface area contributed by atoms with Crippen molar-refractivity contribution >= 4 is 21.4 Å². The Morgan fingerprint density at radius 1 is 0.938 bits per heavy atom. The average molecular weight is 476 g/mol. The number of hydrogen-bond acceptors (Lipinski definition) is 3. The maximum Gasteiger partial charge on any atom is 0.188 e. The number of hydrogen-bond donors (Lipinski definition) is 1. The van der Waals surface area contributed by atoms with E-state index in [0.717, 1.165) is 23.8 Å². The van der Waals surface area contributed by atoms with Crippen molar-refractivity contribution in [2.24, 2.45) is 0 Å². The van der Waals surface area contributed by atoms with Gasteiger partial charge in [-0.2, -0.15) is 0 Å². The molecule has 1 aliphatic rings. The highest BCUT2D eigenvalue weighted by molar-refractivity contribution is 7.92. The molecular weight excluding hydrogens is 452 g/mol. The lowest BCUT2D eigenvalue weighted by Crippen LogP contribution is -2.44. The van der Waals surface area contributed by atoms with Crippen LogP contribution in [0.1, 0.15) is 36.8 Å². The van der Waals surface area contributed by atoms with Crippen LogP contribution in [0.4, 0.5) is 8.78 Å². The summed E-state index contributed by atoms with van der Waals surface area (Å²) in [5.41, 5.74) is 1.03. The Hall–Kier alpha value is -2.28. The molecule has 0 bridgehead atoms. The lowest BCUT2D eigenvalue weighted by molar-refractivity contribution is 0.301. The Kier molecular flexibility index (Phi) is 6.65. The van der Waals surface area contributed by atoms with Gasteiger partial charge in [0.2, 0.25) is 0 Å². The van der Waals surface area contributed by atoms with Crippen LogP contribution in [0.2, 0.25) is 5.02 Å². The molecular formula is C25H24ClF2NO2S. The molecule has 1 N–H and O–H groups in total. The fourth-order valence-corrected chi connectivity index (χ4v) is 6.81. The van der Waals surface area contributed by atoms with Crippen LogP contribution in [0.3, 0.4) is 0 Å². The molecule has 1 aliphatic carbocycles. The maximum atomic E-state index is 14.9. The van der Waals surface area contributed by atoms with Crippen molar-refractivity contribution in [2.75, 3.05) is 0 Å². The first kappa shape index (κ1) is 22.9. The molecule has 0 spiro atoms. The van der Waals surface area contributed by atoms with Crippen molar-refractivity contribution in [3.63, 3.8) is 0 Å². The zero-order valence-corrected chi connectivity index (χ0v) is 19.0. The third-order valence-electron chi connectivity index (χ3n) is 6.29. The van der Waals surface area contributed by atoms with Gasteiger partial charge in [-0.1, -0.05) is 41.9 Å². The molecule has 0 radical (unpaired) electrons. The second-order valence-corrected chi connectivity index (χ2v) is 10.9. The minimum absolute atomic E-state index is 0.0567. The van der Waals surface area contributed by atoms with E-state index in [1.54, 1.807) is 0 Å². The second-order valence-electron chi connectivity index (χ2n) is 8.22. The number of nitrogens with one attached hydrogen (secondary N) is 1. The van der Waals surface area contributed by atoms with Gasteiger partial charge in [0.05, 0.1) is 4.90 Å². The van der Waals surface area contributed by atoms with Crippen LogP contribution in [0, 0.1) is 11.6 Å². The number of sulfone groups is 1. The Labute approximate surface area is 192 Å². The molecule has 0 saturated heterocycles. The standard InChI is InChI=1S/C25H24ClF2NO2S/c26-19-6-9-22(10-7-19)32(30,31)25(23-16-20(27)8-11-24(23)28)14-12-21(13-15-25)29-17-18-4-2-1-3-5-18/h1-11,16,21,29H,12-15,17H2/t21-,25+. The van der Waals surface area contributed by atoms with E-state index >= 15 is 0 Å². The third kappa shape index (κ3) is 4.45. The SMILES string of the molecule is O=S(=O)(c1ccc(Cl)cc1)[C@]1(c2cc(F)ccc2F)CC[C@H](NCc2ccccc2)CC1. The number of benzene rings is 3. The van der Waals surface area contributed by atoms with E-state index in [2.05, 4.69) is 5.32 Å². The van der Waals surface area contributed by atoms with Crippen molar-refractivity contribution in [3.05, 3.63) is 101 Å². The van der Waals surface area contributed by atoms with E-state index < -0.39 is 26.2 Å². The smallest absolute Gasteiger partial charge is 0.188 e. The van der Waals surface area contributed by atoms with Gasteiger partial charge in [0, 0.05) is 23.2 Å². The molecule has 4 rings (SSSR count). The van der Waals surface area contributed by atoms with Gasteiger partial charge in [-0.15, -0.1) is 0 Å². The maximum absolute atomic E-state index is 14.9. The second kappa shape index (κ2) is 9.30. The molecule has 0 atom stereocenters. The zero-order chi connectivity index (χ0) is 22.8. The van der Waals surface area contributed by atoms with Crippen LogP contribution in [-0.4, -0.2) is 14.5 Å². The molecule has 168 valence electrons. The van der Waals surface area contributed by atoms with Crippen LogP contribution in [0.5, 0.6) is 0 Å². The fraction of sp³-hybridized carbons (Fsp3) is 0.280. The molecule has 0 unspecified atom stereocenters. The summed E-state index contributed by atoms with van der Waals surface area (Å²) in [5, 5.41) is 3.88. The Morgan fingerprint density at radius 3 is 2.25 bits per heavy atom. The van der Waals surface area contributed by atoms with Gasteiger partial charge >= 0.3 is 0 Å². The minimum Gasteiger partial charge on any atom is -0.310 e. The van der Waals surface area contributed by atoms with Crippen molar-refractivity contribution in [2.45, 2.75) is 47.9 Å². The van der Waals surface area contributed by atoms with Gasteiger partial charge in [-0.3, -0.25) is 0 Å². The van der Waals surface area contributed by atoms with Crippen molar-refractivity contribution < 1.29 is 17.2 Å². The molecule has 0 aliphatic heterocycles. The molecule has 1 saturated carbocycles. The monoisotopic (exact) mass is 475 g/mol. The van der Waals surface area contributed by atoms with Crippen LogP contribution in [-0.2, 0) is 21.1 Å². The molecule has 3 aromatic rings. The van der Waals surface area contributed by atoms with Crippen LogP contribution < -0.4 is 5.32 Å². The van der Waals surface area contributed by atoms with Gasteiger partial charge in [0.1, 0.15) is 16.4 Å². The van der Waals surface area contributed by atoms with E-state index in [0.29, 0.717) is 24.4 Å². The molecule has 1 fully saturated rings. The van der Waals surface area contributed by atoms with E-state index in [1.165, 1.54) is 24.3 Å². The third-order valence-corrected chi connectivity index (χ3v) is 9.09. The molecule has 3 nitrogen and oxygen atoms in total. The van der Waals surface area contributed by atoms with Gasteiger partial charge in [0.25, 0.3) is 0 Å². The first-order valence-corrected chi connectivity index (χ1v) is 12.4. The molecule has 0 aromatic heterocycles. The number of halogens is 3. The summed E-state index contributed by atoms with van der Waals surface area (Å²) in [7, 11) is -4.02. The first-order chi connectivity index (χ1) is 15.3. The van der Waals surface area contributed by atoms with Crippen LogP contribution in [0.15, 0.2) is 77.7 Å². The van der Waals surface area contributed by atoms with Crippen molar-refractivity contribution in [1.29, 1.82) is 0 Å². The van der Waals surface area contributed by atoms with Gasteiger partial charge in [0.15, 0.2) is 9.84 Å². The zero-order valence-electron chi connectivity index (χ0n) is 17.4. The molecule has 3 aromatic carbocycles. The summed E-state index contributed by atoms with van der Waals surface area (Å²) in [6, 6.07) is 18.9. The van der Waals surface area contributed by atoms with Gasteiger partial charge in [-0.05, 0) is 73.7 Å². The summed E-state index contributed by atoms with van der Waals surface area (Å²) in [6.07, 6.45) is 1.42. The van der Waals surface area contributed by atoms with Crippen LogP contribution >= 0.6 is 11.6 Å². The predicted molar refractivity (Wildman–Crippen MR) is 122 cm³/mol. The summed E-state index contributed by atoms with van der Waals surface area (Å²) in [6.45, 7) is 0.663. The van der Waals surface area contributed by atoms with E-state index in [9.17, 15) is 17.2 Å². The van der Waals surface area contributed by atoms with Crippen molar-refractivity contribution in [1.82, 2.24) is 5.32 Å². The largest absolute Gasteiger partial charge is 0.310 e. The molecule has 0 heterocycles. The molecule has 7 heteroatoms.